The van der Waals surface area contributed by atoms with Crippen LogP contribution in [-0.4, -0.2) is 15.7 Å². The number of hydrogen-bond donors (Lipinski definition) is 0. The first-order chi connectivity index (χ1) is 29.8. The molecule has 8 aromatic carbocycles. The van der Waals surface area contributed by atoms with E-state index in [1.165, 1.54) is 27.8 Å². The zero-order chi connectivity index (χ0) is 40.1. The molecule has 0 aliphatic carbocycles. The van der Waals surface area contributed by atoms with Gasteiger partial charge in [0.25, 0.3) is 0 Å². The molecule has 0 amide bonds. The topological polar surface area (TPSA) is 38.1 Å². The molecule has 284 valence electrons. The third-order valence-electron chi connectivity index (χ3n) is 11.4. The Morgan fingerprint density at radius 3 is 1.28 bits per heavy atom. The van der Waals surface area contributed by atoms with Gasteiger partial charge in [0.05, 0.1) is 22.8 Å². The molecule has 0 saturated carbocycles. The molecular formula is C57H41N3. The van der Waals surface area contributed by atoms with Gasteiger partial charge in [0, 0.05) is 34.1 Å². The van der Waals surface area contributed by atoms with Gasteiger partial charge in [0.2, 0.25) is 0 Å². The maximum absolute atomic E-state index is 5.68. The standard InChI is InChI=1S/C57H41N3/c1-7-20-40(21-8-1)41-34-36-43(37-35-41)51-39-50(42-22-9-2-10-23-42)58-57(59-51)49-33-19-32-48(38-49)52-53(44-24-11-3-12-25-44)55(46-28-15-5-16-29-46)60-56(47-30-17-6-18-31-47)54(52)45-26-13-4-14-27-45/h1-39,52-53H. The van der Waals surface area contributed by atoms with E-state index >= 15 is 0 Å². The molecule has 2 atom stereocenters. The van der Waals surface area contributed by atoms with Gasteiger partial charge >= 0.3 is 0 Å². The molecule has 2 unspecified atom stereocenters. The highest BCUT2D eigenvalue weighted by Crippen LogP contribution is 2.52. The summed E-state index contributed by atoms with van der Waals surface area (Å²) in [5.74, 6) is 0.472. The van der Waals surface area contributed by atoms with Crippen molar-refractivity contribution < 1.29 is 0 Å². The quantitative estimate of drug-likeness (QED) is 0.147. The number of nitrogens with zero attached hydrogens (tertiary/aromatic N) is 3. The van der Waals surface area contributed by atoms with Crippen molar-refractivity contribution in [1.29, 1.82) is 0 Å². The van der Waals surface area contributed by atoms with Crippen LogP contribution < -0.4 is 0 Å². The Labute approximate surface area is 351 Å². The van der Waals surface area contributed by atoms with Crippen LogP contribution in [0, 0.1) is 0 Å². The van der Waals surface area contributed by atoms with Crippen LogP contribution in [0.2, 0.25) is 0 Å². The first-order valence-corrected chi connectivity index (χ1v) is 20.5. The van der Waals surface area contributed by atoms with E-state index in [1.54, 1.807) is 0 Å². The van der Waals surface area contributed by atoms with Crippen molar-refractivity contribution in [2.45, 2.75) is 11.8 Å². The lowest BCUT2D eigenvalue weighted by Crippen LogP contribution is -2.27. The van der Waals surface area contributed by atoms with Crippen LogP contribution in [0.5, 0.6) is 0 Å². The van der Waals surface area contributed by atoms with Gasteiger partial charge in [-0.2, -0.15) is 0 Å². The van der Waals surface area contributed by atoms with Crippen LogP contribution in [0.1, 0.15) is 39.7 Å². The Kier molecular flexibility index (Phi) is 10.1. The first kappa shape index (κ1) is 36.6. The van der Waals surface area contributed by atoms with Gasteiger partial charge in [-0.25, -0.2) is 9.97 Å². The van der Waals surface area contributed by atoms with Crippen molar-refractivity contribution >= 4 is 17.0 Å². The molecule has 1 aromatic heterocycles. The minimum atomic E-state index is -0.111. The van der Waals surface area contributed by atoms with Gasteiger partial charge < -0.3 is 0 Å². The van der Waals surface area contributed by atoms with Crippen LogP contribution in [-0.2, 0) is 0 Å². The normalized spacial score (nSPS) is 15.0. The van der Waals surface area contributed by atoms with Gasteiger partial charge in [-0.15, -0.1) is 0 Å². The van der Waals surface area contributed by atoms with Crippen molar-refractivity contribution in [3.63, 3.8) is 0 Å². The van der Waals surface area contributed by atoms with Gasteiger partial charge in [-0.3, -0.25) is 4.99 Å². The van der Waals surface area contributed by atoms with E-state index in [-0.39, 0.29) is 11.8 Å². The zero-order valence-electron chi connectivity index (χ0n) is 33.0. The maximum atomic E-state index is 5.68. The van der Waals surface area contributed by atoms with Crippen molar-refractivity contribution in [1.82, 2.24) is 9.97 Å². The Hall–Kier alpha value is -7.75. The molecular weight excluding hydrogens is 727 g/mol. The third-order valence-corrected chi connectivity index (χ3v) is 11.4. The lowest BCUT2D eigenvalue weighted by atomic mass is 9.68. The molecule has 3 heteroatoms. The summed E-state index contributed by atoms with van der Waals surface area (Å²) >= 11 is 0. The van der Waals surface area contributed by atoms with Crippen LogP contribution in [0.25, 0.3) is 56.3 Å². The van der Waals surface area contributed by atoms with E-state index < -0.39 is 0 Å². The Morgan fingerprint density at radius 2 is 0.700 bits per heavy atom. The largest absolute Gasteiger partial charge is 0.251 e. The molecule has 60 heavy (non-hydrogen) atoms. The number of aliphatic imine (C=N–C) groups is 1. The first-order valence-electron chi connectivity index (χ1n) is 20.5. The van der Waals surface area contributed by atoms with Gasteiger partial charge in [-0.1, -0.05) is 224 Å². The number of aromatic nitrogens is 2. The lowest BCUT2D eigenvalue weighted by molar-refractivity contribution is 0.779. The zero-order valence-corrected chi connectivity index (χ0v) is 33.0. The van der Waals surface area contributed by atoms with Gasteiger partial charge in [0.15, 0.2) is 5.82 Å². The Morgan fingerprint density at radius 1 is 0.283 bits per heavy atom. The second-order valence-corrected chi connectivity index (χ2v) is 15.1. The Balaban J connectivity index is 1.18. The summed E-state index contributed by atoms with van der Waals surface area (Å²) in [7, 11) is 0. The number of allylic oxidation sites excluding steroid dienone is 1. The van der Waals surface area contributed by atoms with Crippen molar-refractivity contribution in [2.24, 2.45) is 4.99 Å². The molecule has 2 heterocycles. The molecule has 0 saturated heterocycles. The van der Waals surface area contributed by atoms with E-state index in [2.05, 4.69) is 224 Å². The number of benzene rings is 8. The predicted octanol–water partition coefficient (Wildman–Crippen LogP) is 14.1. The fraction of sp³-hybridized carbons (Fsp3) is 0.0351. The van der Waals surface area contributed by atoms with E-state index in [9.17, 15) is 0 Å². The maximum Gasteiger partial charge on any atom is 0.160 e. The van der Waals surface area contributed by atoms with Crippen LogP contribution >= 0.6 is 0 Å². The minimum absolute atomic E-state index is 0.0956. The average molecular weight is 768 g/mol. The molecule has 0 N–H and O–H groups in total. The van der Waals surface area contributed by atoms with Gasteiger partial charge in [-0.05, 0) is 51.1 Å². The molecule has 3 nitrogen and oxygen atoms in total. The van der Waals surface area contributed by atoms with Crippen LogP contribution in [0.15, 0.2) is 242 Å². The number of hydrogen-bond acceptors (Lipinski definition) is 3. The van der Waals surface area contributed by atoms with Crippen molar-refractivity contribution in [3.8, 4) is 45.0 Å². The molecule has 0 bridgehead atoms. The average Bonchev–Trinajstić information content (AvgIpc) is 3.35. The summed E-state index contributed by atoms with van der Waals surface area (Å²) < 4.78 is 0. The fourth-order valence-electron chi connectivity index (χ4n) is 8.51. The molecule has 1 aliphatic heterocycles. The highest BCUT2D eigenvalue weighted by atomic mass is 14.9. The summed E-state index contributed by atoms with van der Waals surface area (Å²) in [6, 6.07) is 83.5. The smallest absolute Gasteiger partial charge is 0.160 e. The lowest BCUT2D eigenvalue weighted by Gasteiger charge is -2.37. The van der Waals surface area contributed by atoms with Crippen LogP contribution in [0.3, 0.4) is 0 Å². The number of rotatable bonds is 9. The second-order valence-electron chi connectivity index (χ2n) is 15.1. The minimum Gasteiger partial charge on any atom is -0.251 e. The molecule has 0 spiro atoms. The van der Waals surface area contributed by atoms with E-state index in [4.69, 9.17) is 15.0 Å². The molecule has 0 fully saturated rings. The summed E-state index contributed by atoms with van der Waals surface area (Å²) in [5.41, 5.74) is 16.1. The summed E-state index contributed by atoms with van der Waals surface area (Å²) in [4.78, 5) is 16.3. The van der Waals surface area contributed by atoms with E-state index in [0.717, 1.165) is 56.2 Å². The highest BCUT2D eigenvalue weighted by Gasteiger charge is 2.39. The fourth-order valence-corrected chi connectivity index (χ4v) is 8.51. The molecule has 0 radical (unpaired) electrons. The molecule has 10 rings (SSSR count). The summed E-state index contributed by atoms with van der Waals surface area (Å²) in [6.45, 7) is 0. The van der Waals surface area contributed by atoms with E-state index in [0.29, 0.717) is 5.82 Å². The molecule has 9 aromatic rings. The van der Waals surface area contributed by atoms with Crippen molar-refractivity contribution in [2.75, 3.05) is 0 Å². The summed E-state index contributed by atoms with van der Waals surface area (Å²) in [5, 5.41) is 0. The van der Waals surface area contributed by atoms with Gasteiger partial charge in [0.1, 0.15) is 0 Å². The SMILES string of the molecule is c1ccc(C2=NC(c3ccccc3)=C(c3ccccc3)C(c3cccc(-c4nc(-c5ccccc5)cc(-c5ccc(-c6ccccc6)cc5)n4)c3)C2c2ccccc2)cc1. The van der Waals surface area contributed by atoms with E-state index in [1.807, 2.05) is 12.1 Å². The predicted molar refractivity (Wildman–Crippen MR) is 248 cm³/mol. The Bertz CT molecular complexity index is 2930. The third kappa shape index (κ3) is 7.41. The second kappa shape index (κ2) is 16.6. The van der Waals surface area contributed by atoms with Crippen LogP contribution in [0.4, 0.5) is 0 Å². The van der Waals surface area contributed by atoms with Crippen molar-refractivity contribution in [3.05, 3.63) is 264 Å². The molecule has 1 aliphatic rings. The monoisotopic (exact) mass is 767 g/mol. The summed E-state index contributed by atoms with van der Waals surface area (Å²) in [6.07, 6.45) is 0. The highest BCUT2D eigenvalue weighted by molar-refractivity contribution is 6.14.